The highest BCUT2D eigenvalue weighted by Crippen LogP contribution is 2.00. The Morgan fingerprint density at radius 2 is 2.45 bits per heavy atom. The van der Waals surface area contributed by atoms with Gasteiger partial charge in [-0.2, -0.15) is 5.10 Å². The Labute approximate surface area is 65.4 Å². The van der Waals surface area contributed by atoms with Crippen molar-refractivity contribution in [2.24, 2.45) is 5.73 Å². The number of nitrogens with one attached hydrogen (secondary N) is 1. The summed E-state index contributed by atoms with van der Waals surface area (Å²) in [6, 6.07) is 1.93. The minimum Gasteiger partial charge on any atom is -0.396 e. The molecular weight excluding hydrogens is 142 g/mol. The van der Waals surface area contributed by atoms with Gasteiger partial charge in [0.15, 0.2) is 0 Å². The van der Waals surface area contributed by atoms with Crippen LogP contribution < -0.4 is 5.73 Å². The number of aliphatic hydroxyl groups is 1. The molecule has 0 saturated heterocycles. The summed E-state index contributed by atoms with van der Waals surface area (Å²) < 4.78 is 0. The van der Waals surface area contributed by atoms with Crippen molar-refractivity contribution in [3.8, 4) is 0 Å². The Hall–Kier alpha value is -0.870. The standard InChI is InChI=1S/C7H13N3O/c8-5-7-4-6(9-10-7)2-1-3-11/h4,11H,1-3,5,8H2,(H,9,10). The van der Waals surface area contributed by atoms with Gasteiger partial charge in [0.05, 0.1) is 5.69 Å². The van der Waals surface area contributed by atoms with E-state index in [4.69, 9.17) is 10.8 Å². The molecule has 4 nitrogen and oxygen atoms in total. The van der Waals surface area contributed by atoms with E-state index in [9.17, 15) is 0 Å². The van der Waals surface area contributed by atoms with Crippen LogP contribution in [-0.2, 0) is 13.0 Å². The first-order chi connectivity index (χ1) is 5.36. The molecule has 1 aromatic heterocycles. The second-order valence-electron chi connectivity index (χ2n) is 2.42. The highest BCUT2D eigenvalue weighted by atomic mass is 16.2. The fourth-order valence-electron chi connectivity index (χ4n) is 0.902. The van der Waals surface area contributed by atoms with E-state index in [2.05, 4.69) is 10.2 Å². The molecule has 0 radical (unpaired) electrons. The first kappa shape index (κ1) is 8.23. The summed E-state index contributed by atoms with van der Waals surface area (Å²) in [5.41, 5.74) is 7.29. The van der Waals surface area contributed by atoms with E-state index in [1.165, 1.54) is 0 Å². The normalized spacial score (nSPS) is 10.4. The van der Waals surface area contributed by atoms with Gasteiger partial charge in [-0.25, -0.2) is 0 Å². The van der Waals surface area contributed by atoms with Crippen molar-refractivity contribution in [2.75, 3.05) is 6.61 Å². The lowest BCUT2D eigenvalue weighted by Gasteiger charge is -1.89. The second-order valence-corrected chi connectivity index (χ2v) is 2.42. The molecule has 1 rings (SSSR count). The summed E-state index contributed by atoms with van der Waals surface area (Å²) in [4.78, 5) is 0. The molecule has 0 aromatic carbocycles. The van der Waals surface area contributed by atoms with Crippen LogP contribution in [0, 0.1) is 0 Å². The molecule has 0 atom stereocenters. The van der Waals surface area contributed by atoms with E-state index in [1.807, 2.05) is 6.07 Å². The monoisotopic (exact) mass is 155 g/mol. The zero-order chi connectivity index (χ0) is 8.10. The molecule has 62 valence electrons. The molecule has 0 aliphatic carbocycles. The molecule has 4 heteroatoms. The first-order valence-electron chi connectivity index (χ1n) is 3.71. The number of aliphatic hydroxyl groups excluding tert-OH is 1. The van der Waals surface area contributed by atoms with Gasteiger partial charge in [0, 0.05) is 18.8 Å². The zero-order valence-corrected chi connectivity index (χ0v) is 6.38. The summed E-state index contributed by atoms with van der Waals surface area (Å²) in [5, 5.41) is 15.3. The van der Waals surface area contributed by atoms with Crippen molar-refractivity contribution in [3.05, 3.63) is 17.5 Å². The molecule has 0 fully saturated rings. The molecule has 0 saturated carbocycles. The molecule has 11 heavy (non-hydrogen) atoms. The molecule has 4 N–H and O–H groups in total. The lowest BCUT2D eigenvalue weighted by atomic mass is 10.2. The van der Waals surface area contributed by atoms with Crippen LogP contribution in [0.5, 0.6) is 0 Å². The number of nitrogens with zero attached hydrogens (tertiary/aromatic N) is 1. The summed E-state index contributed by atoms with van der Waals surface area (Å²) in [6.07, 6.45) is 1.57. The Kier molecular flexibility index (Phi) is 3.07. The van der Waals surface area contributed by atoms with Crippen LogP contribution in [0.1, 0.15) is 17.8 Å². The predicted molar refractivity (Wildman–Crippen MR) is 41.9 cm³/mol. The highest BCUT2D eigenvalue weighted by molar-refractivity contribution is 5.08. The maximum atomic E-state index is 8.53. The SMILES string of the molecule is NCc1cc(CCCO)n[nH]1. The minimum atomic E-state index is 0.213. The summed E-state index contributed by atoms with van der Waals surface area (Å²) in [5.74, 6) is 0. The summed E-state index contributed by atoms with van der Waals surface area (Å²) in [6.45, 7) is 0.705. The third-order valence-corrected chi connectivity index (χ3v) is 1.49. The Bertz CT molecular complexity index is 209. The highest BCUT2D eigenvalue weighted by Gasteiger charge is 1.97. The molecule has 1 heterocycles. The van der Waals surface area contributed by atoms with Crippen molar-refractivity contribution in [1.29, 1.82) is 0 Å². The van der Waals surface area contributed by atoms with E-state index in [1.54, 1.807) is 0 Å². The quantitative estimate of drug-likeness (QED) is 0.563. The van der Waals surface area contributed by atoms with Crippen LogP contribution in [-0.4, -0.2) is 21.9 Å². The lowest BCUT2D eigenvalue weighted by molar-refractivity contribution is 0.288. The van der Waals surface area contributed by atoms with Gasteiger partial charge in [-0.3, -0.25) is 5.10 Å². The molecule has 0 spiro atoms. The molecular formula is C7H13N3O. The molecule has 0 aliphatic heterocycles. The number of aromatic nitrogens is 2. The summed E-state index contributed by atoms with van der Waals surface area (Å²) in [7, 11) is 0. The molecule has 1 aromatic rings. The van der Waals surface area contributed by atoms with Crippen molar-refractivity contribution in [3.63, 3.8) is 0 Å². The Morgan fingerprint density at radius 1 is 1.64 bits per heavy atom. The van der Waals surface area contributed by atoms with E-state index in [-0.39, 0.29) is 6.61 Å². The van der Waals surface area contributed by atoms with Crippen molar-refractivity contribution in [2.45, 2.75) is 19.4 Å². The Morgan fingerprint density at radius 3 is 3.00 bits per heavy atom. The third-order valence-electron chi connectivity index (χ3n) is 1.49. The maximum Gasteiger partial charge on any atom is 0.0626 e. The largest absolute Gasteiger partial charge is 0.396 e. The average Bonchev–Trinajstić information content (AvgIpc) is 2.48. The van der Waals surface area contributed by atoms with Crippen LogP contribution in [0.2, 0.25) is 0 Å². The smallest absolute Gasteiger partial charge is 0.0626 e. The number of nitrogens with two attached hydrogens (primary N) is 1. The van der Waals surface area contributed by atoms with Gasteiger partial charge in [-0.15, -0.1) is 0 Å². The maximum absolute atomic E-state index is 8.53. The van der Waals surface area contributed by atoms with Crippen LogP contribution in [0.4, 0.5) is 0 Å². The average molecular weight is 155 g/mol. The molecule has 0 amide bonds. The van der Waals surface area contributed by atoms with Crippen LogP contribution in [0.15, 0.2) is 6.07 Å². The minimum absolute atomic E-state index is 0.213. The van der Waals surface area contributed by atoms with E-state index in [0.717, 1.165) is 24.2 Å². The van der Waals surface area contributed by atoms with Gasteiger partial charge >= 0.3 is 0 Å². The first-order valence-corrected chi connectivity index (χ1v) is 3.71. The van der Waals surface area contributed by atoms with Gasteiger partial charge < -0.3 is 10.8 Å². The summed E-state index contributed by atoms with van der Waals surface area (Å²) >= 11 is 0. The van der Waals surface area contributed by atoms with E-state index >= 15 is 0 Å². The van der Waals surface area contributed by atoms with Gasteiger partial charge in [-0.1, -0.05) is 0 Å². The molecule has 0 unspecified atom stereocenters. The predicted octanol–water partition coefficient (Wildman–Crippen LogP) is -0.207. The molecule has 0 aliphatic rings. The van der Waals surface area contributed by atoms with Crippen molar-refractivity contribution >= 4 is 0 Å². The number of hydrogen-bond acceptors (Lipinski definition) is 3. The van der Waals surface area contributed by atoms with Gasteiger partial charge in [0.2, 0.25) is 0 Å². The number of hydrogen-bond donors (Lipinski definition) is 3. The van der Waals surface area contributed by atoms with Gasteiger partial charge in [0.25, 0.3) is 0 Å². The Balaban J connectivity index is 2.44. The van der Waals surface area contributed by atoms with Crippen molar-refractivity contribution in [1.82, 2.24) is 10.2 Å². The number of aryl methyl sites for hydroxylation is 1. The zero-order valence-electron chi connectivity index (χ0n) is 6.38. The fraction of sp³-hybridized carbons (Fsp3) is 0.571. The number of aromatic amines is 1. The topological polar surface area (TPSA) is 74.9 Å². The van der Waals surface area contributed by atoms with E-state index in [0.29, 0.717) is 6.54 Å². The lowest BCUT2D eigenvalue weighted by Crippen LogP contribution is -1.95. The van der Waals surface area contributed by atoms with Crippen LogP contribution in [0.3, 0.4) is 0 Å². The van der Waals surface area contributed by atoms with Crippen LogP contribution >= 0.6 is 0 Å². The molecule has 0 bridgehead atoms. The van der Waals surface area contributed by atoms with Gasteiger partial charge in [0.1, 0.15) is 0 Å². The number of rotatable bonds is 4. The number of H-pyrrole nitrogens is 1. The second kappa shape index (κ2) is 4.10. The van der Waals surface area contributed by atoms with Crippen LogP contribution in [0.25, 0.3) is 0 Å². The van der Waals surface area contributed by atoms with E-state index < -0.39 is 0 Å². The van der Waals surface area contributed by atoms with Crippen molar-refractivity contribution < 1.29 is 5.11 Å². The van der Waals surface area contributed by atoms with Gasteiger partial charge in [-0.05, 0) is 18.9 Å². The third kappa shape index (κ3) is 2.32. The fourth-order valence-corrected chi connectivity index (χ4v) is 0.902.